The number of rotatable bonds is 6. The number of carbonyl (C=O) groups is 1. The maximum Gasteiger partial charge on any atom is 0.226 e. The highest BCUT2D eigenvalue weighted by Gasteiger charge is 2.20. The Morgan fingerprint density at radius 1 is 1.26 bits per heavy atom. The molecule has 4 aromatic rings. The Bertz CT molecular complexity index is 992. The molecule has 10 nitrogen and oxygen atoms in total. The minimum absolute atomic E-state index is 0.146. The third-order valence-corrected chi connectivity index (χ3v) is 4.69. The number of thiophene rings is 1. The number of hydrogen-bond donors (Lipinski definition) is 1. The maximum atomic E-state index is 12.6. The van der Waals surface area contributed by atoms with Gasteiger partial charge in [0, 0.05) is 5.69 Å². The summed E-state index contributed by atoms with van der Waals surface area (Å²) < 4.78 is 3.19. The van der Waals surface area contributed by atoms with Gasteiger partial charge in [-0.25, -0.2) is 4.68 Å². The van der Waals surface area contributed by atoms with Crippen LogP contribution in [0.3, 0.4) is 0 Å². The summed E-state index contributed by atoms with van der Waals surface area (Å²) in [5.41, 5.74) is 2.42. The number of carbonyl (C=O) groups excluding carboxylic acids is 1. The van der Waals surface area contributed by atoms with E-state index in [0.717, 1.165) is 11.3 Å². The minimum atomic E-state index is -0.267. The molecule has 0 saturated carbocycles. The summed E-state index contributed by atoms with van der Waals surface area (Å²) in [5.74, 6) is 0.516. The van der Waals surface area contributed by atoms with Crippen molar-refractivity contribution >= 4 is 22.9 Å². The predicted octanol–water partition coefficient (Wildman–Crippen LogP) is 1.64. The van der Waals surface area contributed by atoms with E-state index in [1.54, 1.807) is 20.7 Å². The van der Waals surface area contributed by atoms with Crippen molar-refractivity contribution in [3.05, 3.63) is 58.8 Å². The van der Waals surface area contributed by atoms with Gasteiger partial charge in [-0.1, -0.05) is 6.07 Å². The van der Waals surface area contributed by atoms with E-state index in [2.05, 4.69) is 36.4 Å². The number of nitrogens with one attached hydrogen (secondary N) is 1. The minimum Gasteiger partial charge on any atom is -0.326 e. The zero-order valence-corrected chi connectivity index (χ0v) is 15.1. The average molecular weight is 381 g/mol. The molecular formula is C16H15N9OS. The molecule has 27 heavy (non-hydrogen) atoms. The Balaban J connectivity index is 1.51. The van der Waals surface area contributed by atoms with Gasteiger partial charge in [-0.05, 0) is 68.4 Å². The normalized spacial score (nSPS) is 12.0. The first-order valence-corrected chi connectivity index (χ1v) is 9.05. The fourth-order valence-electron chi connectivity index (χ4n) is 2.71. The van der Waals surface area contributed by atoms with Crippen LogP contribution in [0.4, 0.5) is 5.69 Å². The van der Waals surface area contributed by atoms with Crippen molar-refractivity contribution in [2.75, 3.05) is 5.32 Å². The first kappa shape index (κ1) is 17.0. The van der Waals surface area contributed by atoms with Crippen LogP contribution in [0.25, 0.3) is 5.69 Å². The lowest BCUT2D eigenvalue weighted by Crippen LogP contribution is -2.20. The molecule has 4 rings (SSSR count). The van der Waals surface area contributed by atoms with Crippen molar-refractivity contribution in [3.63, 3.8) is 0 Å². The third-order valence-electron chi connectivity index (χ3n) is 3.99. The van der Waals surface area contributed by atoms with Gasteiger partial charge in [0.2, 0.25) is 5.91 Å². The molecule has 0 spiro atoms. The molecule has 0 radical (unpaired) electrons. The smallest absolute Gasteiger partial charge is 0.226 e. The number of nitrogens with zero attached hydrogens (tertiary/aromatic N) is 8. The molecule has 1 amide bonds. The maximum absolute atomic E-state index is 12.6. The number of benzene rings is 1. The Hall–Kier alpha value is -3.47. The standard InChI is InChI=1S/C16H15N9OS/c1-11-19-21-23-25(11)14-4-2-3-13(7-14)18-16(26)8-15(12-5-6-27-9-12)24-10-17-20-22-24/h2-7,9-10,15H,8H2,1H3,(H,18,26)/t15-/m1/s1. The van der Waals surface area contributed by atoms with Crippen LogP contribution >= 0.6 is 11.3 Å². The van der Waals surface area contributed by atoms with Gasteiger partial charge in [0.1, 0.15) is 6.33 Å². The van der Waals surface area contributed by atoms with Crippen LogP contribution in [0.2, 0.25) is 0 Å². The molecule has 1 N–H and O–H groups in total. The van der Waals surface area contributed by atoms with Crippen molar-refractivity contribution in [1.29, 1.82) is 0 Å². The van der Waals surface area contributed by atoms with Crippen LogP contribution in [0, 0.1) is 6.92 Å². The summed E-state index contributed by atoms with van der Waals surface area (Å²) >= 11 is 1.56. The van der Waals surface area contributed by atoms with E-state index in [1.165, 1.54) is 6.33 Å². The lowest BCUT2D eigenvalue weighted by molar-refractivity contribution is -0.116. The molecule has 0 aliphatic rings. The van der Waals surface area contributed by atoms with Crippen molar-refractivity contribution in [2.24, 2.45) is 0 Å². The number of aromatic nitrogens is 8. The van der Waals surface area contributed by atoms with E-state index in [4.69, 9.17) is 0 Å². The number of aryl methyl sites for hydroxylation is 1. The van der Waals surface area contributed by atoms with Gasteiger partial charge in [0.15, 0.2) is 5.82 Å². The van der Waals surface area contributed by atoms with Crippen LogP contribution in [0.5, 0.6) is 0 Å². The molecule has 0 aliphatic heterocycles. The molecule has 0 bridgehead atoms. The topological polar surface area (TPSA) is 116 Å². The molecular weight excluding hydrogens is 366 g/mol. The van der Waals surface area contributed by atoms with E-state index >= 15 is 0 Å². The van der Waals surface area contributed by atoms with Crippen LogP contribution in [0.1, 0.15) is 23.9 Å². The molecule has 3 heterocycles. The Morgan fingerprint density at radius 3 is 2.89 bits per heavy atom. The molecule has 11 heteroatoms. The molecule has 0 fully saturated rings. The van der Waals surface area contributed by atoms with Crippen molar-refractivity contribution < 1.29 is 4.79 Å². The third kappa shape index (κ3) is 3.72. The zero-order valence-electron chi connectivity index (χ0n) is 14.3. The summed E-state index contributed by atoms with van der Waals surface area (Å²) in [6.45, 7) is 1.81. The van der Waals surface area contributed by atoms with E-state index in [0.29, 0.717) is 11.5 Å². The molecule has 1 aromatic carbocycles. The SMILES string of the molecule is Cc1nnnn1-c1cccc(NC(=O)C[C@H](c2ccsc2)n2cnnn2)c1. The van der Waals surface area contributed by atoms with Crippen molar-refractivity contribution in [3.8, 4) is 5.69 Å². The second-order valence-electron chi connectivity index (χ2n) is 5.80. The Kier molecular flexibility index (Phi) is 4.66. The predicted molar refractivity (Wildman–Crippen MR) is 97.4 cm³/mol. The van der Waals surface area contributed by atoms with Crippen LogP contribution < -0.4 is 5.32 Å². The Labute approximate surface area is 157 Å². The fourth-order valence-corrected chi connectivity index (χ4v) is 3.42. The lowest BCUT2D eigenvalue weighted by Gasteiger charge is -2.15. The first-order chi connectivity index (χ1) is 13.2. The summed E-state index contributed by atoms with van der Waals surface area (Å²) in [5, 5.41) is 29.6. The molecule has 3 aromatic heterocycles. The number of anilines is 1. The number of amides is 1. The van der Waals surface area contributed by atoms with Crippen molar-refractivity contribution in [1.82, 2.24) is 40.4 Å². The van der Waals surface area contributed by atoms with E-state index in [1.807, 2.05) is 48.0 Å². The Morgan fingerprint density at radius 2 is 2.19 bits per heavy atom. The van der Waals surface area contributed by atoms with Gasteiger partial charge in [-0.15, -0.1) is 10.2 Å². The second kappa shape index (κ2) is 7.41. The average Bonchev–Trinajstić information content (AvgIpc) is 3.42. The second-order valence-corrected chi connectivity index (χ2v) is 6.58. The lowest BCUT2D eigenvalue weighted by atomic mass is 10.1. The monoisotopic (exact) mass is 381 g/mol. The first-order valence-electron chi connectivity index (χ1n) is 8.10. The van der Waals surface area contributed by atoms with E-state index < -0.39 is 0 Å². The van der Waals surface area contributed by atoms with Gasteiger partial charge in [-0.2, -0.15) is 16.0 Å². The van der Waals surface area contributed by atoms with Crippen LogP contribution in [0.15, 0.2) is 47.4 Å². The highest BCUT2D eigenvalue weighted by atomic mass is 32.1. The quantitative estimate of drug-likeness (QED) is 0.539. The van der Waals surface area contributed by atoms with Crippen LogP contribution in [-0.4, -0.2) is 46.3 Å². The van der Waals surface area contributed by atoms with Gasteiger partial charge in [0.25, 0.3) is 0 Å². The summed E-state index contributed by atoms with van der Waals surface area (Å²) in [4.78, 5) is 12.6. The van der Waals surface area contributed by atoms with Gasteiger partial charge in [0.05, 0.1) is 18.2 Å². The van der Waals surface area contributed by atoms with Crippen molar-refractivity contribution in [2.45, 2.75) is 19.4 Å². The van der Waals surface area contributed by atoms with Gasteiger partial charge in [-0.3, -0.25) is 4.79 Å². The summed E-state index contributed by atoms with van der Waals surface area (Å²) in [7, 11) is 0. The molecule has 136 valence electrons. The molecule has 0 unspecified atom stereocenters. The van der Waals surface area contributed by atoms with E-state index in [-0.39, 0.29) is 18.4 Å². The van der Waals surface area contributed by atoms with E-state index in [9.17, 15) is 4.79 Å². The summed E-state index contributed by atoms with van der Waals surface area (Å²) in [6, 6.07) is 9.04. The molecule has 0 aliphatic carbocycles. The number of hydrogen-bond acceptors (Lipinski definition) is 8. The fraction of sp³-hybridized carbons (Fsp3) is 0.188. The van der Waals surface area contributed by atoms with Gasteiger partial charge >= 0.3 is 0 Å². The summed E-state index contributed by atoms with van der Waals surface area (Å²) in [6.07, 6.45) is 1.71. The number of tetrazole rings is 2. The molecule has 1 atom stereocenters. The van der Waals surface area contributed by atoms with Gasteiger partial charge < -0.3 is 5.32 Å². The molecule has 0 saturated heterocycles. The highest BCUT2D eigenvalue weighted by Crippen LogP contribution is 2.24. The zero-order chi connectivity index (χ0) is 18.6. The van der Waals surface area contributed by atoms with Crippen LogP contribution in [-0.2, 0) is 4.79 Å². The largest absolute Gasteiger partial charge is 0.326 e. The highest BCUT2D eigenvalue weighted by molar-refractivity contribution is 7.08.